The molecular weight excluding hydrogens is 398 g/mol. The molecule has 1 saturated carbocycles. The van der Waals surface area contributed by atoms with Crippen molar-refractivity contribution in [2.75, 3.05) is 26.3 Å². The number of benzene rings is 2. The van der Waals surface area contributed by atoms with Crippen LogP contribution in [0.1, 0.15) is 49.8 Å². The smallest absolute Gasteiger partial charge is 0.257 e. The third-order valence-corrected chi connectivity index (χ3v) is 6.16. The van der Waals surface area contributed by atoms with Gasteiger partial charge in [0.15, 0.2) is 0 Å². The van der Waals surface area contributed by atoms with Gasteiger partial charge in [0.2, 0.25) is 0 Å². The van der Waals surface area contributed by atoms with Crippen LogP contribution in [0.5, 0.6) is 0 Å². The summed E-state index contributed by atoms with van der Waals surface area (Å²) in [6, 6.07) is 20.7. The minimum atomic E-state index is -0.0385. The third-order valence-electron chi connectivity index (χ3n) is 6.16. The number of fused-ring (bicyclic) bond motifs is 1. The lowest BCUT2D eigenvalue weighted by molar-refractivity contribution is -0.132. The molecule has 0 saturated heterocycles. The average Bonchev–Trinajstić information content (AvgIpc) is 3.23. The van der Waals surface area contributed by atoms with Crippen molar-refractivity contribution in [1.82, 2.24) is 10.3 Å². The van der Waals surface area contributed by atoms with Crippen molar-refractivity contribution in [3.8, 4) is 0 Å². The molecule has 1 aliphatic carbocycles. The normalized spacial score (nSPS) is 21.5. The molecule has 2 aromatic rings. The van der Waals surface area contributed by atoms with Crippen LogP contribution in [0.4, 0.5) is 0 Å². The Balaban J connectivity index is 1.55. The molecule has 1 heterocycles. The summed E-state index contributed by atoms with van der Waals surface area (Å²) < 4.78 is 5.38. The Labute approximate surface area is 191 Å². The zero-order valence-corrected chi connectivity index (χ0v) is 18.9. The Morgan fingerprint density at radius 2 is 1.91 bits per heavy atom. The van der Waals surface area contributed by atoms with E-state index in [2.05, 4.69) is 47.8 Å². The number of rotatable bonds is 9. The lowest BCUT2D eigenvalue weighted by Crippen LogP contribution is -2.37. The molecule has 1 N–H and O–H groups in total. The maximum Gasteiger partial charge on any atom is 0.257 e. The summed E-state index contributed by atoms with van der Waals surface area (Å²) in [6.07, 6.45) is 6.31. The van der Waals surface area contributed by atoms with E-state index in [1.807, 2.05) is 31.2 Å². The van der Waals surface area contributed by atoms with Crippen LogP contribution in [-0.2, 0) is 9.53 Å². The van der Waals surface area contributed by atoms with Gasteiger partial charge in [-0.2, -0.15) is 5.10 Å². The van der Waals surface area contributed by atoms with Gasteiger partial charge in [0.25, 0.3) is 5.91 Å². The summed E-state index contributed by atoms with van der Waals surface area (Å²) in [6.45, 7) is 4.48. The maximum absolute atomic E-state index is 13.2. The maximum atomic E-state index is 13.2. The quantitative estimate of drug-likeness (QED) is 0.579. The summed E-state index contributed by atoms with van der Waals surface area (Å²) in [5.74, 6) is 0.263. The van der Waals surface area contributed by atoms with Crippen molar-refractivity contribution in [3.63, 3.8) is 0 Å². The molecule has 5 nitrogen and oxygen atoms in total. The van der Waals surface area contributed by atoms with Crippen LogP contribution >= 0.6 is 0 Å². The molecular formula is C27H33N3O2. The number of ether oxygens (including phenoxy) is 1. The molecule has 32 heavy (non-hydrogen) atoms. The van der Waals surface area contributed by atoms with Crippen LogP contribution in [0, 0.1) is 5.92 Å². The SMILES string of the molecule is CCOCCCNCC(=O)N1N=C2/C(=C/c3ccccc3)CCC[C@H]2[C@@H]1c1ccccc1. The molecule has 0 bridgehead atoms. The van der Waals surface area contributed by atoms with Crippen LogP contribution < -0.4 is 5.32 Å². The third kappa shape index (κ3) is 5.34. The number of allylic oxidation sites excluding steroid dienone is 1. The van der Waals surface area contributed by atoms with Crippen LogP contribution in [0.25, 0.3) is 6.08 Å². The van der Waals surface area contributed by atoms with E-state index < -0.39 is 0 Å². The predicted octanol–water partition coefficient (Wildman–Crippen LogP) is 4.83. The highest BCUT2D eigenvalue weighted by atomic mass is 16.5. The number of hydrogen-bond acceptors (Lipinski definition) is 4. The van der Waals surface area contributed by atoms with E-state index in [1.165, 1.54) is 11.1 Å². The fourth-order valence-corrected chi connectivity index (χ4v) is 4.66. The molecule has 0 aromatic heterocycles. The molecule has 4 rings (SSSR count). The number of hydrazone groups is 1. The average molecular weight is 432 g/mol. The molecule has 168 valence electrons. The van der Waals surface area contributed by atoms with Crippen molar-refractivity contribution in [3.05, 3.63) is 77.4 Å². The van der Waals surface area contributed by atoms with Crippen molar-refractivity contribution in [2.45, 2.75) is 38.6 Å². The predicted molar refractivity (Wildman–Crippen MR) is 129 cm³/mol. The number of nitrogens with one attached hydrogen (secondary N) is 1. The zero-order valence-electron chi connectivity index (χ0n) is 18.9. The number of amides is 1. The second kappa shape index (κ2) is 11.2. The molecule has 2 aliphatic rings. The number of carbonyl (C=O) groups is 1. The first kappa shape index (κ1) is 22.4. The van der Waals surface area contributed by atoms with E-state index in [9.17, 15) is 4.79 Å². The molecule has 2 atom stereocenters. The van der Waals surface area contributed by atoms with Crippen LogP contribution in [0.2, 0.25) is 0 Å². The second-order valence-electron chi connectivity index (χ2n) is 8.39. The molecule has 0 unspecified atom stereocenters. The topological polar surface area (TPSA) is 53.9 Å². The van der Waals surface area contributed by atoms with Crippen molar-refractivity contribution in [2.24, 2.45) is 11.0 Å². The summed E-state index contributed by atoms with van der Waals surface area (Å²) in [5.41, 5.74) is 4.68. The minimum absolute atomic E-state index is 0.0243. The van der Waals surface area contributed by atoms with Gasteiger partial charge in [-0.3, -0.25) is 4.79 Å². The first-order chi connectivity index (χ1) is 15.8. The van der Waals surface area contributed by atoms with Crippen LogP contribution in [-0.4, -0.2) is 42.9 Å². The van der Waals surface area contributed by atoms with E-state index in [4.69, 9.17) is 9.84 Å². The van der Waals surface area contributed by atoms with Crippen LogP contribution in [0.3, 0.4) is 0 Å². The van der Waals surface area contributed by atoms with Crippen molar-refractivity contribution < 1.29 is 9.53 Å². The lowest BCUT2D eigenvalue weighted by Gasteiger charge is -2.29. The Hall–Kier alpha value is -2.76. The van der Waals surface area contributed by atoms with Gasteiger partial charge in [0.1, 0.15) is 0 Å². The van der Waals surface area contributed by atoms with Gasteiger partial charge in [0, 0.05) is 19.1 Å². The van der Waals surface area contributed by atoms with E-state index in [-0.39, 0.29) is 24.4 Å². The van der Waals surface area contributed by atoms with Gasteiger partial charge in [-0.05, 0) is 61.9 Å². The summed E-state index contributed by atoms with van der Waals surface area (Å²) in [4.78, 5) is 13.2. The molecule has 2 aromatic carbocycles. The molecule has 1 fully saturated rings. The monoisotopic (exact) mass is 431 g/mol. The van der Waals surface area contributed by atoms with Gasteiger partial charge in [-0.15, -0.1) is 0 Å². The number of carbonyl (C=O) groups excluding carboxylic acids is 1. The summed E-state index contributed by atoms with van der Waals surface area (Å²) in [7, 11) is 0. The fraction of sp³-hybridized carbons (Fsp3) is 0.407. The Morgan fingerprint density at radius 1 is 1.16 bits per heavy atom. The highest BCUT2D eigenvalue weighted by molar-refractivity contribution is 6.08. The molecule has 5 heteroatoms. The minimum Gasteiger partial charge on any atom is -0.382 e. The summed E-state index contributed by atoms with van der Waals surface area (Å²) in [5, 5.41) is 9.96. The second-order valence-corrected chi connectivity index (χ2v) is 8.39. The van der Waals surface area contributed by atoms with Gasteiger partial charge in [-0.25, -0.2) is 5.01 Å². The van der Waals surface area contributed by atoms with E-state index in [0.29, 0.717) is 6.61 Å². The van der Waals surface area contributed by atoms with Gasteiger partial charge in [0.05, 0.1) is 18.3 Å². The van der Waals surface area contributed by atoms with E-state index in [1.54, 1.807) is 5.01 Å². The fourth-order valence-electron chi connectivity index (χ4n) is 4.66. The molecule has 1 aliphatic heterocycles. The zero-order chi connectivity index (χ0) is 22.2. The Kier molecular flexibility index (Phi) is 7.86. The van der Waals surface area contributed by atoms with Crippen molar-refractivity contribution in [1.29, 1.82) is 0 Å². The first-order valence-corrected chi connectivity index (χ1v) is 11.8. The first-order valence-electron chi connectivity index (χ1n) is 11.8. The standard InChI is InChI=1S/C27H33N3O2/c1-2-32-18-10-17-28-20-25(31)30-27(22-13-7-4-8-14-22)24-16-9-15-23(26(24)29-30)19-21-11-5-3-6-12-21/h3-8,11-14,19,24,27-28H,2,9-10,15-18,20H2,1H3/b23-19+/t24-,27+/m1/s1. The largest absolute Gasteiger partial charge is 0.382 e. The van der Waals surface area contributed by atoms with Crippen LogP contribution in [0.15, 0.2) is 71.3 Å². The van der Waals surface area contributed by atoms with E-state index >= 15 is 0 Å². The Morgan fingerprint density at radius 3 is 2.66 bits per heavy atom. The Bertz CT molecular complexity index is 940. The van der Waals surface area contributed by atoms with E-state index in [0.717, 1.165) is 50.1 Å². The molecule has 1 amide bonds. The molecule has 0 spiro atoms. The number of nitrogens with zero attached hydrogens (tertiary/aromatic N) is 2. The number of hydrogen-bond donors (Lipinski definition) is 1. The van der Waals surface area contributed by atoms with Gasteiger partial charge in [-0.1, -0.05) is 60.7 Å². The van der Waals surface area contributed by atoms with Gasteiger partial charge >= 0.3 is 0 Å². The highest BCUT2D eigenvalue weighted by Crippen LogP contribution is 2.44. The van der Waals surface area contributed by atoms with Crippen molar-refractivity contribution >= 4 is 17.7 Å². The lowest BCUT2D eigenvalue weighted by atomic mass is 9.77. The summed E-state index contributed by atoms with van der Waals surface area (Å²) >= 11 is 0. The van der Waals surface area contributed by atoms with Gasteiger partial charge < -0.3 is 10.1 Å². The molecule has 0 radical (unpaired) electrons. The highest BCUT2D eigenvalue weighted by Gasteiger charge is 2.43.